The monoisotopic (exact) mass is 465 g/mol. The summed E-state index contributed by atoms with van der Waals surface area (Å²) < 4.78 is 41.5. The highest BCUT2D eigenvalue weighted by atomic mass is 19.4. The molecule has 0 unspecified atom stereocenters. The van der Waals surface area contributed by atoms with Gasteiger partial charge in [-0.15, -0.1) is 13.2 Å². The maximum Gasteiger partial charge on any atom is 0.573 e. The highest BCUT2D eigenvalue weighted by Crippen LogP contribution is 2.39. The van der Waals surface area contributed by atoms with Crippen molar-refractivity contribution in [3.8, 4) is 5.75 Å². The number of hydrogen-bond acceptors (Lipinski definition) is 4. The Morgan fingerprint density at radius 2 is 1.85 bits per heavy atom. The van der Waals surface area contributed by atoms with Gasteiger partial charge in [-0.3, -0.25) is 14.5 Å². The Kier molecular flexibility index (Phi) is 6.01. The van der Waals surface area contributed by atoms with Crippen LogP contribution in [0.5, 0.6) is 5.75 Å². The van der Waals surface area contributed by atoms with Crippen molar-refractivity contribution >= 4 is 11.8 Å². The summed E-state index contributed by atoms with van der Waals surface area (Å²) in [6, 6.07) is 6.09. The van der Waals surface area contributed by atoms with Crippen LogP contribution in [0.15, 0.2) is 24.3 Å². The molecule has 0 saturated carbocycles. The van der Waals surface area contributed by atoms with E-state index in [1.807, 2.05) is 0 Å². The molecule has 5 rings (SSSR count). The minimum absolute atomic E-state index is 0.213. The topological polar surface area (TPSA) is 53.1 Å². The van der Waals surface area contributed by atoms with E-state index in [9.17, 15) is 22.8 Å². The number of alkyl halides is 3. The molecule has 0 aromatic heterocycles. The number of piperidine rings is 4. The fourth-order valence-electron chi connectivity index (χ4n) is 6.39. The summed E-state index contributed by atoms with van der Waals surface area (Å²) >= 11 is 0. The molecular weight excluding hydrogens is 435 g/mol. The first-order chi connectivity index (χ1) is 15.8. The molecule has 6 nitrogen and oxygen atoms in total. The van der Waals surface area contributed by atoms with Crippen LogP contribution in [0.1, 0.15) is 48.9 Å². The van der Waals surface area contributed by atoms with Gasteiger partial charge in [-0.05, 0) is 62.1 Å². The molecule has 4 fully saturated rings. The molecule has 0 radical (unpaired) electrons. The van der Waals surface area contributed by atoms with Crippen LogP contribution in [0.4, 0.5) is 13.2 Å². The zero-order chi connectivity index (χ0) is 23.2. The zero-order valence-corrected chi connectivity index (χ0v) is 18.6. The summed E-state index contributed by atoms with van der Waals surface area (Å²) in [6.07, 6.45) is 0.942. The summed E-state index contributed by atoms with van der Waals surface area (Å²) in [4.78, 5) is 31.7. The molecule has 4 aliphatic heterocycles. The molecule has 4 heterocycles. The number of carbonyl (C=O) groups excluding carboxylic acids is 2. The van der Waals surface area contributed by atoms with Crippen molar-refractivity contribution < 1.29 is 27.5 Å². The second-order valence-corrected chi connectivity index (χ2v) is 9.92. The second-order valence-electron chi connectivity index (χ2n) is 9.92. The quantitative estimate of drug-likeness (QED) is 0.686. The molecule has 3 atom stereocenters. The zero-order valence-electron chi connectivity index (χ0n) is 18.6. The summed E-state index contributed by atoms with van der Waals surface area (Å²) in [7, 11) is 0. The van der Waals surface area contributed by atoms with Gasteiger partial charge in [0.05, 0.1) is 0 Å². The Labute approximate surface area is 191 Å². The molecule has 2 amide bonds. The van der Waals surface area contributed by atoms with Crippen molar-refractivity contribution in [3.63, 3.8) is 0 Å². The van der Waals surface area contributed by atoms with Gasteiger partial charge in [0.25, 0.3) is 5.91 Å². The Morgan fingerprint density at radius 1 is 1.06 bits per heavy atom. The maximum atomic E-state index is 12.9. The molecule has 1 aromatic carbocycles. The lowest BCUT2D eigenvalue weighted by molar-refractivity contribution is -0.274. The van der Waals surface area contributed by atoms with Gasteiger partial charge in [-0.25, -0.2) is 0 Å². The van der Waals surface area contributed by atoms with Crippen molar-refractivity contribution in [1.29, 1.82) is 0 Å². The van der Waals surface area contributed by atoms with E-state index in [1.165, 1.54) is 24.6 Å². The number of amides is 2. The number of fused-ring (bicyclic) bond motifs is 4. The predicted molar refractivity (Wildman–Crippen MR) is 115 cm³/mol. The third kappa shape index (κ3) is 4.83. The van der Waals surface area contributed by atoms with Crippen LogP contribution in [0, 0.1) is 11.8 Å². The van der Waals surface area contributed by atoms with Crippen LogP contribution in [-0.2, 0) is 4.79 Å². The van der Waals surface area contributed by atoms with E-state index in [0.717, 1.165) is 51.4 Å². The van der Waals surface area contributed by atoms with E-state index in [4.69, 9.17) is 0 Å². The number of rotatable bonds is 3. The van der Waals surface area contributed by atoms with E-state index < -0.39 is 6.36 Å². The highest BCUT2D eigenvalue weighted by molar-refractivity contribution is 5.94. The molecule has 1 aromatic rings. The fourth-order valence-corrected chi connectivity index (χ4v) is 6.39. The van der Waals surface area contributed by atoms with Crippen molar-refractivity contribution in [3.05, 3.63) is 29.8 Å². The fraction of sp³-hybridized carbons (Fsp3) is 0.667. The van der Waals surface area contributed by atoms with E-state index in [0.29, 0.717) is 49.3 Å². The van der Waals surface area contributed by atoms with Gasteiger partial charge in [0.15, 0.2) is 0 Å². The second kappa shape index (κ2) is 8.81. The molecule has 33 heavy (non-hydrogen) atoms. The van der Waals surface area contributed by atoms with Crippen molar-refractivity contribution in [1.82, 2.24) is 14.7 Å². The van der Waals surface area contributed by atoms with E-state index in [-0.39, 0.29) is 17.2 Å². The van der Waals surface area contributed by atoms with E-state index >= 15 is 0 Å². The highest BCUT2D eigenvalue weighted by Gasteiger charge is 2.45. The normalized spacial score (nSPS) is 29.1. The Balaban J connectivity index is 1.18. The first kappa shape index (κ1) is 22.5. The smallest absolute Gasteiger partial charge is 0.406 e. The van der Waals surface area contributed by atoms with Crippen molar-refractivity contribution in [2.24, 2.45) is 11.8 Å². The van der Waals surface area contributed by atoms with E-state index in [1.54, 1.807) is 4.90 Å². The van der Waals surface area contributed by atoms with Crippen LogP contribution >= 0.6 is 0 Å². The van der Waals surface area contributed by atoms with Crippen molar-refractivity contribution in [2.45, 2.75) is 57.0 Å². The Bertz CT molecular complexity index is 900. The minimum atomic E-state index is -4.78. The number of halogens is 3. The minimum Gasteiger partial charge on any atom is -0.406 e. The van der Waals surface area contributed by atoms with Crippen LogP contribution in [0.2, 0.25) is 0 Å². The SMILES string of the molecule is O=C(c1cccc(OC(F)(F)F)c1)N1CCC(N2C[C@H]3C[C@H](C2)[C@H]2CCCC(=O)N2C3)CC1. The number of hydrogen-bond donors (Lipinski definition) is 0. The number of likely N-dealkylation sites (tertiary alicyclic amines) is 2. The molecule has 4 aliphatic rings. The molecule has 9 heteroatoms. The number of carbonyl (C=O) groups is 2. The maximum absolute atomic E-state index is 12.9. The van der Waals surface area contributed by atoms with Gasteiger partial charge in [-0.1, -0.05) is 6.07 Å². The number of ether oxygens (including phenoxy) is 1. The number of benzene rings is 1. The van der Waals surface area contributed by atoms with Gasteiger partial charge in [-0.2, -0.15) is 0 Å². The van der Waals surface area contributed by atoms with Gasteiger partial charge in [0.1, 0.15) is 5.75 Å². The lowest BCUT2D eigenvalue weighted by Crippen LogP contribution is -2.62. The summed E-state index contributed by atoms with van der Waals surface area (Å²) in [5.41, 5.74) is 0.213. The Hall–Kier alpha value is -2.29. The van der Waals surface area contributed by atoms with Crippen LogP contribution in [0.25, 0.3) is 0 Å². The van der Waals surface area contributed by atoms with Gasteiger partial charge < -0.3 is 14.5 Å². The predicted octanol–water partition coefficient (Wildman–Crippen LogP) is 3.52. The standard InChI is InChI=1S/C24H30F3N3O3/c25-24(26,27)33-20-4-1-3-17(12-20)23(32)28-9-7-19(8-10-28)29-13-16-11-18(15-29)21-5-2-6-22(31)30(21)14-16/h1,3-4,12,16,18-19,21H,2,5-11,13-15H2/t16-,18-,21-/m1/s1. The van der Waals surface area contributed by atoms with Crippen molar-refractivity contribution in [2.75, 3.05) is 32.7 Å². The first-order valence-electron chi connectivity index (χ1n) is 12.0. The van der Waals surface area contributed by atoms with E-state index in [2.05, 4.69) is 14.5 Å². The third-order valence-corrected chi connectivity index (χ3v) is 7.79. The molecular formula is C24H30F3N3O3. The summed E-state index contributed by atoms with van der Waals surface area (Å²) in [5, 5.41) is 0. The first-order valence-corrected chi connectivity index (χ1v) is 12.0. The molecule has 0 spiro atoms. The Morgan fingerprint density at radius 3 is 2.61 bits per heavy atom. The molecule has 0 aliphatic carbocycles. The summed E-state index contributed by atoms with van der Waals surface area (Å²) in [5.74, 6) is 0.757. The molecule has 180 valence electrons. The largest absolute Gasteiger partial charge is 0.573 e. The van der Waals surface area contributed by atoms with Crippen LogP contribution in [-0.4, -0.2) is 77.7 Å². The third-order valence-electron chi connectivity index (χ3n) is 7.79. The summed E-state index contributed by atoms with van der Waals surface area (Å²) in [6.45, 7) is 4.08. The lowest BCUT2D eigenvalue weighted by Gasteiger charge is -2.54. The number of nitrogens with zero attached hydrogens (tertiary/aromatic N) is 3. The lowest BCUT2D eigenvalue weighted by atomic mass is 9.75. The van der Waals surface area contributed by atoms with Crippen LogP contribution in [0.3, 0.4) is 0 Å². The molecule has 2 bridgehead atoms. The molecule has 4 saturated heterocycles. The van der Waals surface area contributed by atoms with Gasteiger partial charge in [0, 0.05) is 56.8 Å². The average molecular weight is 466 g/mol. The van der Waals surface area contributed by atoms with Gasteiger partial charge >= 0.3 is 6.36 Å². The molecule has 0 N–H and O–H groups in total. The van der Waals surface area contributed by atoms with Gasteiger partial charge in [0.2, 0.25) is 5.91 Å². The average Bonchev–Trinajstić information content (AvgIpc) is 2.78. The van der Waals surface area contributed by atoms with Crippen LogP contribution < -0.4 is 4.74 Å².